The predicted octanol–water partition coefficient (Wildman–Crippen LogP) is 0.931. The van der Waals surface area contributed by atoms with Crippen molar-refractivity contribution in [2.75, 3.05) is 5.32 Å². The summed E-state index contributed by atoms with van der Waals surface area (Å²) >= 11 is 5.69. The van der Waals surface area contributed by atoms with E-state index in [-0.39, 0.29) is 11.4 Å². The molecule has 1 rings (SSSR count). The summed E-state index contributed by atoms with van der Waals surface area (Å²) in [5.41, 5.74) is 10.8. The maximum atomic E-state index is 10.8. The van der Waals surface area contributed by atoms with Gasteiger partial charge < -0.3 is 16.8 Å². The fraction of sp³-hybridized carbons (Fsp3) is 0. The van der Waals surface area contributed by atoms with Gasteiger partial charge in [-0.2, -0.15) is 5.26 Å². The van der Waals surface area contributed by atoms with Gasteiger partial charge in [-0.15, -0.1) is 0 Å². The van der Waals surface area contributed by atoms with Crippen molar-refractivity contribution in [1.82, 2.24) is 0 Å². The van der Waals surface area contributed by atoms with Crippen molar-refractivity contribution in [2.24, 2.45) is 11.5 Å². The van der Waals surface area contributed by atoms with Crippen molar-refractivity contribution in [3.05, 3.63) is 40.7 Å². The molecule has 0 atom stereocenters. The van der Waals surface area contributed by atoms with Gasteiger partial charge in [-0.1, -0.05) is 11.6 Å². The van der Waals surface area contributed by atoms with Crippen molar-refractivity contribution >= 4 is 23.2 Å². The highest BCUT2D eigenvalue weighted by atomic mass is 35.5. The van der Waals surface area contributed by atoms with Crippen LogP contribution in [0, 0.1) is 11.3 Å². The third-order valence-electron chi connectivity index (χ3n) is 1.75. The summed E-state index contributed by atoms with van der Waals surface area (Å²) in [5, 5.41) is 11.9. The largest absolute Gasteiger partial charge is 0.384 e. The maximum Gasteiger partial charge on any atom is 0.263 e. The lowest BCUT2D eigenvalue weighted by molar-refractivity contribution is -0.114. The Hall–Kier alpha value is -2.19. The Morgan fingerprint density at radius 2 is 1.88 bits per heavy atom. The Kier molecular flexibility index (Phi) is 3.75. The summed E-state index contributed by atoms with van der Waals surface area (Å²) in [7, 11) is 0. The first-order valence-electron chi connectivity index (χ1n) is 4.27. The molecule has 1 aromatic rings. The van der Waals surface area contributed by atoms with Crippen LogP contribution in [0.2, 0.25) is 5.02 Å². The highest BCUT2D eigenvalue weighted by Crippen LogP contribution is 2.14. The first-order valence-corrected chi connectivity index (χ1v) is 4.64. The van der Waals surface area contributed by atoms with E-state index in [2.05, 4.69) is 5.32 Å². The molecule has 0 bridgehead atoms. The van der Waals surface area contributed by atoms with Crippen LogP contribution in [-0.4, -0.2) is 5.91 Å². The van der Waals surface area contributed by atoms with Crippen LogP contribution in [0.3, 0.4) is 0 Å². The van der Waals surface area contributed by atoms with Crippen LogP contribution >= 0.6 is 11.6 Å². The number of nitriles is 1. The van der Waals surface area contributed by atoms with Gasteiger partial charge in [0.2, 0.25) is 0 Å². The summed E-state index contributed by atoms with van der Waals surface area (Å²) in [6.45, 7) is 0. The molecular formula is C10H9ClN4O. The summed E-state index contributed by atoms with van der Waals surface area (Å²) < 4.78 is 0. The van der Waals surface area contributed by atoms with Crippen LogP contribution < -0.4 is 16.8 Å². The first kappa shape index (κ1) is 11.9. The zero-order valence-electron chi connectivity index (χ0n) is 8.20. The summed E-state index contributed by atoms with van der Waals surface area (Å²) in [6.07, 6.45) is 0. The lowest BCUT2D eigenvalue weighted by Gasteiger charge is -2.07. The topological polar surface area (TPSA) is 105 Å². The van der Waals surface area contributed by atoms with Crippen LogP contribution in [0.25, 0.3) is 0 Å². The quantitative estimate of drug-likeness (QED) is 0.536. The third-order valence-corrected chi connectivity index (χ3v) is 2.00. The van der Waals surface area contributed by atoms with Crippen molar-refractivity contribution in [2.45, 2.75) is 0 Å². The van der Waals surface area contributed by atoms with E-state index in [1.165, 1.54) is 0 Å². The Morgan fingerprint density at radius 1 is 1.31 bits per heavy atom. The fourth-order valence-electron chi connectivity index (χ4n) is 0.999. The van der Waals surface area contributed by atoms with E-state index in [4.69, 9.17) is 28.3 Å². The number of carbonyl (C=O) groups is 1. The van der Waals surface area contributed by atoms with E-state index in [1.807, 2.05) is 0 Å². The SMILES string of the molecule is N#C/C(C(N)=O)=C(\N)Nc1ccc(Cl)cc1. The Balaban J connectivity index is 2.93. The molecule has 6 heteroatoms. The lowest BCUT2D eigenvalue weighted by atomic mass is 10.2. The van der Waals surface area contributed by atoms with Crippen LogP contribution in [0.1, 0.15) is 0 Å². The zero-order chi connectivity index (χ0) is 12.1. The van der Waals surface area contributed by atoms with Gasteiger partial charge in [0.15, 0.2) is 5.57 Å². The summed E-state index contributed by atoms with van der Waals surface area (Å²) in [4.78, 5) is 10.8. The van der Waals surface area contributed by atoms with E-state index in [0.29, 0.717) is 10.7 Å². The molecule has 82 valence electrons. The van der Waals surface area contributed by atoms with Gasteiger partial charge in [-0.3, -0.25) is 4.79 Å². The number of anilines is 1. The number of amides is 1. The highest BCUT2D eigenvalue weighted by Gasteiger charge is 2.09. The second kappa shape index (κ2) is 5.05. The van der Waals surface area contributed by atoms with Gasteiger partial charge in [-0.05, 0) is 24.3 Å². The maximum absolute atomic E-state index is 10.8. The molecule has 0 saturated carbocycles. The zero-order valence-corrected chi connectivity index (χ0v) is 8.95. The second-order valence-electron chi connectivity index (χ2n) is 2.90. The van der Waals surface area contributed by atoms with E-state index in [1.54, 1.807) is 30.3 Å². The third kappa shape index (κ3) is 2.90. The minimum Gasteiger partial charge on any atom is -0.384 e. The van der Waals surface area contributed by atoms with Crippen molar-refractivity contribution in [1.29, 1.82) is 5.26 Å². The molecule has 0 aromatic heterocycles. The molecule has 0 heterocycles. The van der Waals surface area contributed by atoms with Crippen molar-refractivity contribution < 1.29 is 4.79 Å². The number of primary amides is 1. The standard InChI is InChI=1S/C10H9ClN4O/c11-6-1-3-7(4-2-6)15-9(13)8(5-12)10(14)16/h1-4,15H,13H2,(H2,14,16)/b9-8-. The number of hydrogen-bond donors (Lipinski definition) is 3. The van der Waals surface area contributed by atoms with Gasteiger partial charge in [-0.25, -0.2) is 0 Å². The normalized spacial score (nSPS) is 11.2. The molecule has 5 N–H and O–H groups in total. The molecule has 5 nitrogen and oxygen atoms in total. The van der Waals surface area contributed by atoms with E-state index >= 15 is 0 Å². The van der Waals surface area contributed by atoms with Crippen LogP contribution in [-0.2, 0) is 4.79 Å². The van der Waals surface area contributed by atoms with E-state index < -0.39 is 5.91 Å². The molecule has 1 amide bonds. The molecule has 0 aliphatic heterocycles. The number of nitrogens with one attached hydrogen (secondary N) is 1. The molecule has 0 aliphatic carbocycles. The lowest BCUT2D eigenvalue weighted by Crippen LogP contribution is -2.21. The van der Waals surface area contributed by atoms with Crippen molar-refractivity contribution in [3.63, 3.8) is 0 Å². The average molecular weight is 237 g/mol. The van der Waals surface area contributed by atoms with Gasteiger partial charge in [0.25, 0.3) is 5.91 Å². The van der Waals surface area contributed by atoms with Gasteiger partial charge in [0.05, 0.1) is 0 Å². The smallest absolute Gasteiger partial charge is 0.263 e. The predicted molar refractivity (Wildman–Crippen MR) is 61.1 cm³/mol. The average Bonchev–Trinajstić information content (AvgIpc) is 2.22. The fourth-order valence-corrected chi connectivity index (χ4v) is 1.13. The highest BCUT2D eigenvalue weighted by molar-refractivity contribution is 6.30. The number of halogens is 1. The second-order valence-corrected chi connectivity index (χ2v) is 3.33. The van der Waals surface area contributed by atoms with E-state index in [0.717, 1.165) is 0 Å². The summed E-state index contributed by atoms with van der Waals surface area (Å²) in [6, 6.07) is 8.23. The van der Waals surface area contributed by atoms with Crippen LogP contribution in [0.4, 0.5) is 5.69 Å². The molecule has 0 radical (unpaired) electrons. The Bertz CT molecular complexity index is 473. The van der Waals surface area contributed by atoms with Gasteiger partial charge >= 0.3 is 0 Å². The number of carbonyl (C=O) groups excluding carboxylic acids is 1. The molecule has 0 fully saturated rings. The van der Waals surface area contributed by atoms with Crippen LogP contribution in [0.5, 0.6) is 0 Å². The number of benzene rings is 1. The minimum absolute atomic E-state index is 0.0858. The number of nitrogens with zero attached hydrogens (tertiary/aromatic N) is 1. The molecule has 16 heavy (non-hydrogen) atoms. The first-order chi connectivity index (χ1) is 7.54. The number of nitrogens with two attached hydrogens (primary N) is 2. The van der Waals surface area contributed by atoms with Gasteiger partial charge in [0, 0.05) is 10.7 Å². The Labute approximate surface area is 97.3 Å². The molecular weight excluding hydrogens is 228 g/mol. The van der Waals surface area contributed by atoms with Gasteiger partial charge in [0.1, 0.15) is 11.9 Å². The molecule has 0 aliphatic rings. The van der Waals surface area contributed by atoms with Crippen LogP contribution in [0.15, 0.2) is 35.7 Å². The van der Waals surface area contributed by atoms with E-state index in [9.17, 15) is 4.79 Å². The number of rotatable bonds is 3. The molecule has 0 saturated heterocycles. The van der Waals surface area contributed by atoms with Crippen molar-refractivity contribution in [3.8, 4) is 6.07 Å². The number of hydrogen-bond acceptors (Lipinski definition) is 4. The Morgan fingerprint density at radius 3 is 2.31 bits per heavy atom. The molecule has 0 spiro atoms. The molecule has 1 aromatic carbocycles. The molecule has 0 unspecified atom stereocenters. The minimum atomic E-state index is -0.874. The summed E-state index contributed by atoms with van der Waals surface area (Å²) in [5.74, 6) is -0.959. The monoisotopic (exact) mass is 236 g/mol.